The van der Waals surface area contributed by atoms with E-state index in [2.05, 4.69) is 21.2 Å². The minimum absolute atomic E-state index is 0.0478. The molecule has 202 valence electrons. The quantitative estimate of drug-likeness (QED) is 0.266. The van der Waals surface area contributed by atoms with Crippen LogP contribution in [-0.2, 0) is 26.2 Å². The number of carbonyl (C=O) groups is 2. The first-order chi connectivity index (χ1) is 18.1. The largest absolute Gasteiger partial charge is 0.354 e. The second-order valence-corrected chi connectivity index (χ2v) is 12.0. The van der Waals surface area contributed by atoms with Crippen LogP contribution in [-0.4, -0.2) is 44.3 Å². The molecule has 0 spiro atoms. The molecule has 0 saturated heterocycles. The zero-order chi connectivity index (χ0) is 27.7. The summed E-state index contributed by atoms with van der Waals surface area (Å²) in [5, 5.41) is 3.31. The van der Waals surface area contributed by atoms with E-state index in [9.17, 15) is 18.0 Å². The molecule has 0 aliphatic heterocycles. The van der Waals surface area contributed by atoms with E-state index < -0.39 is 28.5 Å². The molecule has 10 heteroatoms. The van der Waals surface area contributed by atoms with Gasteiger partial charge in [-0.15, -0.1) is 0 Å². The molecule has 1 atom stereocenters. The van der Waals surface area contributed by atoms with Crippen molar-refractivity contribution in [3.8, 4) is 0 Å². The fourth-order valence-electron chi connectivity index (χ4n) is 3.81. The van der Waals surface area contributed by atoms with Crippen molar-refractivity contribution in [3.05, 3.63) is 93.9 Å². The number of amides is 2. The normalized spacial score (nSPS) is 12.0. The Morgan fingerprint density at radius 2 is 1.68 bits per heavy atom. The van der Waals surface area contributed by atoms with Crippen molar-refractivity contribution in [2.75, 3.05) is 17.4 Å². The predicted octanol–water partition coefficient (Wildman–Crippen LogP) is 5.63. The van der Waals surface area contributed by atoms with Crippen molar-refractivity contribution in [1.82, 2.24) is 10.2 Å². The molecule has 0 saturated carbocycles. The van der Waals surface area contributed by atoms with E-state index in [1.165, 1.54) is 17.0 Å². The lowest BCUT2D eigenvalue weighted by Crippen LogP contribution is -2.51. The first-order valence-electron chi connectivity index (χ1n) is 12.3. The lowest BCUT2D eigenvalue weighted by molar-refractivity contribution is -0.139. The molecule has 0 unspecified atom stereocenters. The first kappa shape index (κ1) is 29.7. The smallest absolute Gasteiger partial charge is 0.264 e. The van der Waals surface area contributed by atoms with Crippen molar-refractivity contribution in [1.29, 1.82) is 0 Å². The number of unbranched alkanes of at least 4 members (excludes halogenated alkanes) is 1. The molecular formula is C28H31BrClN3O4S. The average molecular weight is 621 g/mol. The zero-order valence-electron chi connectivity index (χ0n) is 21.3. The summed E-state index contributed by atoms with van der Waals surface area (Å²) in [4.78, 5) is 28.3. The average Bonchev–Trinajstić information content (AvgIpc) is 2.91. The first-order valence-corrected chi connectivity index (χ1v) is 14.9. The van der Waals surface area contributed by atoms with E-state index >= 15 is 0 Å². The van der Waals surface area contributed by atoms with Crippen LogP contribution in [0.4, 0.5) is 5.69 Å². The van der Waals surface area contributed by atoms with E-state index in [1.54, 1.807) is 49.4 Å². The van der Waals surface area contributed by atoms with E-state index in [0.717, 1.165) is 27.2 Å². The number of nitrogens with zero attached hydrogens (tertiary/aromatic N) is 2. The van der Waals surface area contributed by atoms with Gasteiger partial charge >= 0.3 is 0 Å². The van der Waals surface area contributed by atoms with Crippen LogP contribution >= 0.6 is 27.5 Å². The van der Waals surface area contributed by atoms with Gasteiger partial charge < -0.3 is 10.2 Å². The van der Waals surface area contributed by atoms with Gasteiger partial charge in [-0.25, -0.2) is 8.42 Å². The molecule has 0 aliphatic carbocycles. The fraction of sp³-hybridized carbons (Fsp3) is 0.286. The molecule has 3 aromatic rings. The summed E-state index contributed by atoms with van der Waals surface area (Å²) in [7, 11) is -4.10. The lowest BCUT2D eigenvalue weighted by Gasteiger charge is -2.32. The van der Waals surface area contributed by atoms with E-state index in [4.69, 9.17) is 11.6 Å². The Kier molecular flexibility index (Phi) is 10.8. The van der Waals surface area contributed by atoms with Gasteiger partial charge in [-0.05, 0) is 67.4 Å². The number of carbonyl (C=O) groups excluding carboxylic acids is 2. The standard InChI is InChI=1S/C28H31BrClN3O4S/c1-3-4-17-31-28(35)21(2)32(19-22-9-8-10-23(29)18-22)27(34)20-33(25-15-13-24(30)14-16-25)38(36,37)26-11-6-5-7-12-26/h5-16,18,21H,3-4,17,19-20H2,1-2H3,(H,31,35)/t21-/m0/s1. The lowest BCUT2D eigenvalue weighted by atomic mass is 10.1. The number of sulfonamides is 1. The summed E-state index contributed by atoms with van der Waals surface area (Å²) >= 11 is 9.49. The highest BCUT2D eigenvalue weighted by Crippen LogP contribution is 2.26. The second-order valence-electron chi connectivity index (χ2n) is 8.77. The number of benzene rings is 3. The molecular weight excluding hydrogens is 590 g/mol. The Balaban J connectivity index is 1.98. The number of hydrogen-bond acceptors (Lipinski definition) is 4. The highest BCUT2D eigenvalue weighted by atomic mass is 79.9. The van der Waals surface area contributed by atoms with Gasteiger partial charge in [0.15, 0.2) is 0 Å². The predicted molar refractivity (Wildman–Crippen MR) is 154 cm³/mol. The van der Waals surface area contributed by atoms with Crippen molar-refractivity contribution in [3.63, 3.8) is 0 Å². The monoisotopic (exact) mass is 619 g/mol. The van der Waals surface area contributed by atoms with Crippen LogP contribution in [0.25, 0.3) is 0 Å². The van der Waals surface area contributed by atoms with E-state index in [-0.39, 0.29) is 23.0 Å². The molecule has 2 amide bonds. The fourth-order valence-corrected chi connectivity index (χ4v) is 5.81. The summed E-state index contributed by atoms with van der Waals surface area (Å²) in [6, 6.07) is 20.7. The van der Waals surface area contributed by atoms with Gasteiger partial charge in [-0.2, -0.15) is 0 Å². The number of hydrogen-bond donors (Lipinski definition) is 1. The number of anilines is 1. The molecule has 0 fully saturated rings. The van der Waals surface area contributed by atoms with Gasteiger partial charge in [0.25, 0.3) is 10.0 Å². The van der Waals surface area contributed by atoms with Gasteiger partial charge in [0.1, 0.15) is 12.6 Å². The Morgan fingerprint density at radius 1 is 1.00 bits per heavy atom. The molecule has 0 radical (unpaired) electrons. The molecule has 0 heterocycles. The molecule has 38 heavy (non-hydrogen) atoms. The van der Waals surface area contributed by atoms with Crippen LogP contribution in [0.15, 0.2) is 88.2 Å². The molecule has 7 nitrogen and oxygen atoms in total. The minimum Gasteiger partial charge on any atom is -0.354 e. The Labute approximate surface area is 238 Å². The van der Waals surface area contributed by atoms with E-state index in [0.29, 0.717) is 11.6 Å². The van der Waals surface area contributed by atoms with Gasteiger partial charge in [0.05, 0.1) is 10.6 Å². The third-order valence-electron chi connectivity index (χ3n) is 5.96. The number of nitrogens with one attached hydrogen (secondary N) is 1. The summed E-state index contributed by atoms with van der Waals surface area (Å²) < 4.78 is 29.3. The molecule has 1 N–H and O–H groups in total. The van der Waals surface area contributed by atoms with Crippen LogP contribution < -0.4 is 9.62 Å². The summed E-state index contributed by atoms with van der Waals surface area (Å²) in [6.07, 6.45) is 1.74. The maximum Gasteiger partial charge on any atom is 0.264 e. The maximum atomic E-state index is 13.8. The van der Waals surface area contributed by atoms with Crippen LogP contribution in [0, 0.1) is 0 Å². The molecule has 0 bridgehead atoms. The second kappa shape index (κ2) is 13.8. The van der Waals surface area contributed by atoms with Gasteiger partial charge in [-0.1, -0.05) is 71.2 Å². The van der Waals surface area contributed by atoms with Crippen molar-refractivity contribution < 1.29 is 18.0 Å². The van der Waals surface area contributed by atoms with Gasteiger partial charge in [0.2, 0.25) is 11.8 Å². The Bertz CT molecular complexity index is 1340. The molecule has 0 aromatic heterocycles. The van der Waals surface area contributed by atoms with Crippen molar-refractivity contribution in [2.24, 2.45) is 0 Å². The molecule has 0 aliphatic rings. The van der Waals surface area contributed by atoms with Crippen molar-refractivity contribution in [2.45, 2.75) is 44.2 Å². The third-order valence-corrected chi connectivity index (χ3v) is 8.50. The highest BCUT2D eigenvalue weighted by molar-refractivity contribution is 9.10. The van der Waals surface area contributed by atoms with E-state index in [1.807, 2.05) is 31.2 Å². The highest BCUT2D eigenvalue weighted by Gasteiger charge is 2.32. The minimum atomic E-state index is -4.10. The van der Waals surface area contributed by atoms with Crippen molar-refractivity contribution >= 4 is 55.1 Å². The Morgan fingerprint density at radius 3 is 2.32 bits per heavy atom. The SMILES string of the molecule is CCCCNC(=O)[C@H](C)N(Cc1cccc(Br)c1)C(=O)CN(c1ccc(Cl)cc1)S(=O)(=O)c1ccccc1. The molecule has 3 aromatic carbocycles. The number of rotatable bonds is 12. The molecule has 3 rings (SSSR count). The van der Waals surface area contributed by atoms with Gasteiger partial charge in [0, 0.05) is 22.6 Å². The summed E-state index contributed by atoms with van der Waals surface area (Å²) in [5.41, 5.74) is 1.08. The summed E-state index contributed by atoms with van der Waals surface area (Å²) in [5.74, 6) is -0.816. The van der Waals surface area contributed by atoms with Crippen LogP contribution in [0.1, 0.15) is 32.3 Å². The van der Waals surface area contributed by atoms with Crippen LogP contribution in [0.3, 0.4) is 0 Å². The summed E-state index contributed by atoms with van der Waals surface area (Å²) in [6.45, 7) is 3.80. The zero-order valence-corrected chi connectivity index (χ0v) is 24.5. The number of halogens is 2. The third kappa shape index (κ3) is 7.82. The van der Waals surface area contributed by atoms with Crippen LogP contribution in [0.5, 0.6) is 0 Å². The van der Waals surface area contributed by atoms with Crippen LogP contribution in [0.2, 0.25) is 5.02 Å². The Hall–Kier alpha value is -2.88. The maximum absolute atomic E-state index is 13.8. The van der Waals surface area contributed by atoms with Gasteiger partial charge in [-0.3, -0.25) is 13.9 Å². The topological polar surface area (TPSA) is 86.8 Å².